The highest BCUT2D eigenvalue weighted by Gasteiger charge is 2.19. The van der Waals surface area contributed by atoms with Crippen molar-refractivity contribution in [2.45, 2.75) is 12.8 Å². The molecule has 268 valence electrons. The van der Waals surface area contributed by atoms with Crippen molar-refractivity contribution in [1.82, 2.24) is 0 Å². The first kappa shape index (κ1) is 36.9. The predicted octanol–water partition coefficient (Wildman–Crippen LogP) is 9.11. The fourth-order valence-corrected chi connectivity index (χ4v) is 5.51. The van der Waals surface area contributed by atoms with Gasteiger partial charge in [-0.2, -0.15) is 0 Å². The van der Waals surface area contributed by atoms with Crippen molar-refractivity contribution < 1.29 is 43.2 Å². The summed E-state index contributed by atoms with van der Waals surface area (Å²) in [6, 6.07) is 36.4. The van der Waals surface area contributed by atoms with E-state index in [9.17, 15) is 24.3 Å². The Hall–Kier alpha value is -7.88. The Balaban J connectivity index is 1.07. The smallest absolute Gasteiger partial charge is 0.336 e. The summed E-state index contributed by atoms with van der Waals surface area (Å²) in [6.45, 7) is 0.263. The van der Waals surface area contributed by atoms with Crippen molar-refractivity contribution in [3.05, 3.63) is 172 Å². The Labute approximate surface area is 316 Å². The molecule has 1 N–H and O–H groups in total. The van der Waals surface area contributed by atoms with Gasteiger partial charge in [-0.15, -0.1) is 12.8 Å². The molecule has 0 atom stereocenters. The third-order valence-corrected chi connectivity index (χ3v) is 8.27. The number of ether oxygens (including phenoxy) is 4. The number of hydrogen-bond acceptors (Lipinski definition) is 8. The SMILES string of the molecule is C#Cc1ccc(CC(=O)c2cc(Oc3ccc(Oc4ccc(Oc5ccc(C(=O)Cc6ccc(C#C)cc6)c(C(=O)O)c5)cc4)cc3)ccc2OC=O)cc1. The number of carbonyl (C=O) groups excluding carboxylic acids is 3. The van der Waals surface area contributed by atoms with Gasteiger partial charge in [0.05, 0.1) is 11.1 Å². The van der Waals surface area contributed by atoms with Crippen molar-refractivity contribution in [2.75, 3.05) is 0 Å². The zero-order chi connectivity index (χ0) is 38.7. The molecule has 6 rings (SSSR count). The number of aromatic carboxylic acids is 1. The molecule has 0 aliphatic heterocycles. The number of carboxylic acid groups (broad SMARTS) is 1. The van der Waals surface area contributed by atoms with E-state index in [2.05, 4.69) is 11.8 Å². The Morgan fingerprint density at radius 1 is 0.509 bits per heavy atom. The predicted molar refractivity (Wildman–Crippen MR) is 204 cm³/mol. The van der Waals surface area contributed by atoms with Gasteiger partial charge in [0.1, 0.15) is 40.2 Å². The van der Waals surface area contributed by atoms with Gasteiger partial charge in [-0.25, -0.2) is 4.79 Å². The summed E-state index contributed by atoms with van der Waals surface area (Å²) in [6.07, 6.45) is 10.9. The van der Waals surface area contributed by atoms with Gasteiger partial charge in [0.25, 0.3) is 6.47 Å². The topological polar surface area (TPSA) is 125 Å². The number of terminal acetylenes is 2. The van der Waals surface area contributed by atoms with Crippen molar-refractivity contribution in [2.24, 2.45) is 0 Å². The first-order chi connectivity index (χ1) is 26.7. The molecule has 0 aliphatic rings. The lowest BCUT2D eigenvalue weighted by atomic mass is 9.97. The fraction of sp³-hybridized carbons (Fsp3) is 0.0435. The quantitative estimate of drug-likeness (QED) is 0.0627. The molecule has 0 saturated carbocycles. The fourth-order valence-electron chi connectivity index (χ4n) is 5.51. The number of carbonyl (C=O) groups is 4. The first-order valence-corrected chi connectivity index (χ1v) is 16.7. The van der Waals surface area contributed by atoms with Crippen LogP contribution in [0.25, 0.3) is 0 Å². The van der Waals surface area contributed by atoms with E-state index < -0.39 is 5.97 Å². The normalized spacial score (nSPS) is 10.3. The van der Waals surface area contributed by atoms with E-state index in [-0.39, 0.29) is 59.1 Å². The zero-order valence-corrected chi connectivity index (χ0v) is 29.1. The van der Waals surface area contributed by atoms with E-state index in [4.69, 9.17) is 31.8 Å². The summed E-state index contributed by atoms with van der Waals surface area (Å²) in [7, 11) is 0. The van der Waals surface area contributed by atoms with Gasteiger partial charge in [0, 0.05) is 29.5 Å². The lowest BCUT2D eigenvalue weighted by molar-refractivity contribution is -0.120. The number of benzene rings is 6. The van der Waals surface area contributed by atoms with Crippen LogP contribution in [0.2, 0.25) is 0 Å². The van der Waals surface area contributed by atoms with Crippen LogP contribution in [0.5, 0.6) is 40.2 Å². The molecule has 0 radical (unpaired) electrons. The van der Waals surface area contributed by atoms with Crippen molar-refractivity contribution >= 4 is 24.0 Å². The summed E-state index contributed by atoms with van der Waals surface area (Å²) >= 11 is 0. The van der Waals surface area contributed by atoms with Crippen LogP contribution in [0.3, 0.4) is 0 Å². The van der Waals surface area contributed by atoms with Crippen LogP contribution in [-0.2, 0) is 17.6 Å². The highest BCUT2D eigenvalue weighted by Crippen LogP contribution is 2.32. The van der Waals surface area contributed by atoms with E-state index in [1.807, 2.05) is 0 Å². The van der Waals surface area contributed by atoms with Gasteiger partial charge in [0.15, 0.2) is 11.6 Å². The van der Waals surface area contributed by atoms with Crippen molar-refractivity contribution in [1.29, 1.82) is 0 Å². The number of hydrogen-bond donors (Lipinski definition) is 1. The molecule has 0 aliphatic carbocycles. The molecular weight excluding hydrogens is 696 g/mol. The number of ketones is 2. The van der Waals surface area contributed by atoms with Crippen LogP contribution in [0.15, 0.2) is 133 Å². The van der Waals surface area contributed by atoms with Gasteiger partial charge in [0.2, 0.25) is 0 Å². The average molecular weight is 727 g/mol. The maximum atomic E-state index is 13.2. The molecular formula is C46H30O9. The summed E-state index contributed by atoms with van der Waals surface area (Å²) in [4.78, 5) is 49.3. The molecule has 6 aromatic rings. The standard InChI is InChI=1S/C46H30O9/c1-3-30-5-9-32(10-6-30)25-43(48)40-23-21-38(27-41(40)46(50)51)54-36-17-13-34(14-18-36)53-35-15-19-37(20-16-35)55-39-22-24-45(52-29-47)42(28-39)44(49)26-33-11-7-31(4-2)8-12-33/h1-2,5-24,27-29H,25-26H2,(H,50,51). The van der Waals surface area contributed by atoms with Crippen molar-refractivity contribution in [3.63, 3.8) is 0 Å². The van der Waals surface area contributed by atoms with Crippen LogP contribution in [-0.4, -0.2) is 29.1 Å². The van der Waals surface area contributed by atoms with Crippen molar-refractivity contribution in [3.8, 4) is 64.9 Å². The molecule has 0 fully saturated rings. The van der Waals surface area contributed by atoms with Crippen LogP contribution >= 0.6 is 0 Å². The molecule has 0 unspecified atom stereocenters. The van der Waals surface area contributed by atoms with Crippen LogP contribution in [0, 0.1) is 24.7 Å². The van der Waals surface area contributed by atoms with Gasteiger partial charge in [-0.1, -0.05) is 36.1 Å². The molecule has 0 amide bonds. The van der Waals surface area contributed by atoms with Crippen LogP contribution < -0.4 is 18.9 Å². The highest BCUT2D eigenvalue weighted by molar-refractivity contribution is 6.07. The third kappa shape index (κ3) is 9.52. The summed E-state index contributed by atoms with van der Waals surface area (Å²) < 4.78 is 22.9. The summed E-state index contributed by atoms with van der Waals surface area (Å²) in [5.41, 5.74) is 2.93. The van der Waals surface area contributed by atoms with E-state index >= 15 is 0 Å². The molecule has 9 nitrogen and oxygen atoms in total. The summed E-state index contributed by atoms with van der Waals surface area (Å²) in [5, 5.41) is 9.84. The summed E-state index contributed by atoms with van der Waals surface area (Å²) in [5.74, 6) is 5.81. The van der Waals surface area contributed by atoms with Crippen LogP contribution in [0.4, 0.5) is 0 Å². The van der Waals surface area contributed by atoms with Crippen LogP contribution in [0.1, 0.15) is 53.3 Å². The maximum Gasteiger partial charge on any atom is 0.336 e. The second kappa shape index (κ2) is 17.1. The number of Topliss-reactive ketones (excluding diaryl/α,β-unsaturated/α-hetero) is 2. The Bertz CT molecular complexity index is 2450. The van der Waals surface area contributed by atoms with Gasteiger partial charge < -0.3 is 24.1 Å². The van der Waals surface area contributed by atoms with E-state index in [1.165, 1.54) is 24.3 Å². The Kier molecular flexibility index (Phi) is 11.5. The lowest BCUT2D eigenvalue weighted by Crippen LogP contribution is -2.11. The average Bonchev–Trinajstić information content (AvgIpc) is 3.20. The van der Waals surface area contributed by atoms with Gasteiger partial charge >= 0.3 is 5.97 Å². The monoisotopic (exact) mass is 726 g/mol. The second-order valence-electron chi connectivity index (χ2n) is 12.0. The number of carboxylic acids is 1. The minimum Gasteiger partial charge on any atom is -0.478 e. The van der Waals surface area contributed by atoms with E-state index in [1.54, 1.807) is 109 Å². The minimum atomic E-state index is -1.25. The molecule has 6 aromatic carbocycles. The Morgan fingerprint density at radius 2 is 0.891 bits per heavy atom. The molecule has 55 heavy (non-hydrogen) atoms. The maximum absolute atomic E-state index is 13.2. The largest absolute Gasteiger partial charge is 0.478 e. The molecule has 0 spiro atoms. The van der Waals surface area contributed by atoms with Gasteiger partial charge in [-0.3, -0.25) is 14.4 Å². The first-order valence-electron chi connectivity index (χ1n) is 16.7. The minimum absolute atomic E-state index is 0.0179. The molecule has 0 saturated heterocycles. The zero-order valence-electron chi connectivity index (χ0n) is 29.1. The molecule has 9 heteroatoms. The van der Waals surface area contributed by atoms with E-state index in [0.717, 1.165) is 5.56 Å². The lowest BCUT2D eigenvalue weighted by Gasteiger charge is -2.12. The molecule has 0 bridgehead atoms. The third-order valence-electron chi connectivity index (χ3n) is 8.27. The number of rotatable bonds is 15. The second-order valence-corrected chi connectivity index (χ2v) is 12.0. The Morgan fingerprint density at radius 3 is 1.31 bits per heavy atom. The van der Waals surface area contributed by atoms with E-state index in [0.29, 0.717) is 45.4 Å². The van der Waals surface area contributed by atoms with Gasteiger partial charge in [-0.05, 0) is 120 Å². The highest BCUT2D eigenvalue weighted by atomic mass is 16.5. The molecule has 0 heterocycles. The molecule has 0 aromatic heterocycles.